The summed E-state index contributed by atoms with van der Waals surface area (Å²) in [5, 5.41) is 1.41. The second-order valence-corrected chi connectivity index (χ2v) is 6.23. The molecule has 2 N–H and O–H groups in total. The Morgan fingerprint density at radius 1 is 1.29 bits per heavy atom. The van der Waals surface area contributed by atoms with E-state index in [1.54, 1.807) is 11.3 Å². The zero-order chi connectivity index (χ0) is 15.0. The SMILES string of the molecule is CCc1cc2c(Oc3ccc(C)cc3Cl)nc(N)nc2s1. The number of aromatic nitrogens is 2. The highest BCUT2D eigenvalue weighted by Gasteiger charge is 2.13. The molecule has 0 amide bonds. The van der Waals surface area contributed by atoms with E-state index in [9.17, 15) is 0 Å². The van der Waals surface area contributed by atoms with Crippen molar-refractivity contribution in [2.24, 2.45) is 0 Å². The van der Waals surface area contributed by atoms with Gasteiger partial charge in [0.05, 0.1) is 10.4 Å². The van der Waals surface area contributed by atoms with Crippen LogP contribution in [0.1, 0.15) is 17.4 Å². The molecule has 0 aliphatic heterocycles. The summed E-state index contributed by atoms with van der Waals surface area (Å²) in [6.07, 6.45) is 0.936. The maximum Gasteiger partial charge on any atom is 0.232 e. The average molecular weight is 320 g/mol. The summed E-state index contributed by atoms with van der Waals surface area (Å²) in [5.41, 5.74) is 6.84. The van der Waals surface area contributed by atoms with Crippen molar-refractivity contribution in [1.82, 2.24) is 9.97 Å². The van der Waals surface area contributed by atoms with Crippen LogP contribution < -0.4 is 10.5 Å². The molecule has 0 radical (unpaired) electrons. The van der Waals surface area contributed by atoms with Crippen molar-refractivity contribution in [2.45, 2.75) is 20.3 Å². The lowest BCUT2D eigenvalue weighted by atomic mass is 10.2. The maximum absolute atomic E-state index is 6.21. The van der Waals surface area contributed by atoms with Gasteiger partial charge in [0.25, 0.3) is 0 Å². The van der Waals surface area contributed by atoms with E-state index in [1.165, 1.54) is 4.88 Å². The second kappa shape index (κ2) is 5.50. The number of anilines is 1. The van der Waals surface area contributed by atoms with E-state index in [1.807, 2.05) is 31.2 Å². The second-order valence-electron chi connectivity index (χ2n) is 4.71. The molecule has 4 nitrogen and oxygen atoms in total. The monoisotopic (exact) mass is 319 g/mol. The predicted octanol–water partition coefficient (Wildman–Crippen LogP) is 4.59. The van der Waals surface area contributed by atoms with Crippen LogP contribution in [0.25, 0.3) is 10.2 Å². The molecule has 0 fully saturated rings. The number of fused-ring (bicyclic) bond motifs is 1. The number of ether oxygens (including phenoxy) is 1. The van der Waals surface area contributed by atoms with Crippen LogP contribution in [0.5, 0.6) is 11.6 Å². The van der Waals surface area contributed by atoms with Crippen molar-refractivity contribution < 1.29 is 4.74 Å². The molecule has 0 bridgehead atoms. The number of hydrogen-bond donors (Lipinski definition) is 1. The van der Waals surface area contributed by atoms with Crippen molar-refractivity contribution in [1.29, 1.82) is 0 Å². The van der Waals surface area contributed by atoms with Gasteiger partial charge in [0.15, 0.2) is 0 Å². The third kappa shape index (κ3) is 2.80. The van der Waals surface area contributed by atoms with E-state index in [0.29, 0.717) is 16.7 Å². The Morgan fingerprint density at radius 2 is 2.10 bits per heavy atom. The number of aryl methyl sites for hydroxylation is 2. The first-order chi connectivity index (χ1) is 10.1. The van der Waals surface area contributed by atoms with Crippen molar-refractivity contribution in [3.05, 3.63) is 39.7 Å². The molecule has 0 atom stereocenters. The molecule has 0 saturated heterocycles. The lowest BCUT2D eigenvalue weighted by Gasteiger charge is -2.08. The average Bonchev–Trinajstić information content (AvgIpc) is 2.85. The predicted molar refractivity (Wildman–Crippen MR) is 87.5 cm³/mol. The zero-order valence-corrected chi connectivity index (χ0v) is 13.3. The van der Waals surface area contributed by atoms with Crippen LogP contribution in [0.2, 0.25) is 5.02 Å². The van der Waals surface area contributed by atoms with E-state index in [0.717, 1.165) is 22.2 Å². The third-order valence-electron chi connectivity index (χ3n) is 3.07. The molecule has 0 aliphatic rings. The zero-order valence-electron chi connectivity index (χ0n) is 11.7. The summed E-state index contributed by atoms with van der Waals surface area (Å²) >= 11 is 7.80. The molecule has 1 aromatic carbocycles. The number of hydrogen-bond acceptors (Lipinski definition) is 5. The number of nitrogen functional groups attached to an aromatic ring is 1. The van der Waals surface area contributed by atoms with Crippen LogP contribution in [-0.4, -0.2) is 9.97 Å². The lowest BCUT2D eigenvalue weighted by molar-refractivity contribution is 0.469. The molecule has 0 saturated carbocycles. The van der Waals surface area contributed by atoms with Crippen molar-refractivity contribution in [2.75, 3.05) is 5.73 Å². The van der Waals surface area contributed by atoms with E-state index in [2.05, 4.69) is 16.9 Å². The highest BCUT2D eigenvalue weighted by atomic mass is 35.5. The molecule has 3 aromatic rings. The number of nitrogens with two attached hydrogens (primary N) is 1. The minimum atomic E-state index is 0.199. The minimum absolute atomic E-state index is 0.199. The molecule has 0 unspecified atom stereocenters. The van der Waals surface area contributed by atoms with Gasteiger partial charge >= 0.3 is 0 Å². The van der Waals surface area contributed by atoms with Crippen LogP contribution in [0.4, 0.5) is 5.95 Å². The number of rotatable bonds is 3. The first-order valence-electron chi connectivity index (χ1n) is 6.56. The Bertz CT molecular complexity index is 816. The van der Waals surface area contributed by atoms with Crippen LogP contribution in [-0.2, 0) is 6.42 Å². The number of thiophene rings is 1. The van der Waals surface area contributed by atoms with Gasteiger partial charge in [0.1, 0.15) is 10.6 Å². The molecule has 0 spiro atoms. The molecular weight excluding hydrogens is 306 g/mol. The van der Waals surface area contributed by atoms with Crippen molar-refractivity contribution >= 4 is 39.1 Å². The van der Waals surface area contributed by atoms with Crippen molar-refractivity contribution in [3.63, 3.8) is 0 Å². The van der Waals surface area contributed by atoms with Gasteiger partial charge in [-0.2, -0.15) is 4.98 Å². The third-order valence-corrected chi connectivity index (χ3v) is 4.54. The van der Waals surface area contributed by atoms with Crippen LogP contribution >= 0.6 is 22.9 Å². The first kappa shape index (κ1) is 14.1. The standard InChI is InChI=1S/C15H14ClN3OS/c1-3-9-7-10-13(18-15(17)19-14(10)21-9)20-12-5-4-8(2)6-11(12)16/h4-7H,3H2,1-2H3,(H2,17,18,19). The number of benzene rings is 1. The summed E-state index contributed by atoms with van der Waals surface area (Å²) in [7, 11) is 0. The molecule has 6 heteroatoms. The van der Waals surface area contributed by atoms with E-state index >= 15 is 0 Å². The van der Waals surface area contributed by atoms with Gasteiger partial charge in [0, 0.05) is 4.88 Å². The largest absolute Gasteiger partial charge is 0.437 e. The Balaban J connectivity index is 2.08. The molecule has 21 heavy (non-hydrogen) atoms. The van der Waals surface area contributed by atoms with Gasteiger partial charge in [-0.05, 0) is 37.1 Å². The summed E-state index contributed by atoms with van der Waals surface area (Å²) < 4.78 is 5.86. The summed E-state index contributed by atoms with van der Waals surface area (Å²) in [6, 6.07) is 7.66. The Labute approximate surface area is 131 Å². The lowest BCUT2D eigenvalue weighted by Crippen LogP contribution is -1.97. The van der Waals surface area contributed by atoms with Gasteiger partial charge in [-0.25, -0.2) is 4.98 Å². The first-order valence-corrected chi connectivity index (χ1v) is 7.76. The van der Waals surface area contributed by atoms with E-state index < -0.39 is 0 Å². The summed E-state index contributed by atoms with van der Waals surface area (Å²) in [6.45, 7) is 4.07. The fourth-order valence-electron chi connectivity index (χ4n) is 2.01. The van der Waals surface area contributed by atoms with Gasteiger partial charge in [-0.1, -0.05) is 24.6 Å². The van der Waals surface area contributed by atoms with Crippen LogP contribution in [0.3, 0.4) is 0 Å². The molecule has 3 rings (SSSR count). The van der Waals surface area contributed by atoms with Crippen molar-refractivity contribution in [3.8, 4) is 11.6 Å². The highest BCUT2D eigenvalue weighted by Crippen LogP contribution is 2.36. The van der Waals surface area contributed by atoms with E-state index in [-0.39, 0.29) is 5.95 Å². The van der Waals surface area contributed by atoms with Crippen LogP contribution in [0, 0.1) is 6.92 Å². The smallest absolute Gasteiger partial charge is 0.232 e. The Morgan fingerprint density at radius 3 is 2.81 bits per heavy atom. The molecule has 0 aliphatic carbocycles. The topological polar surface area (TPSA) is 61.0 Å². The normalized spacial score (nSPS) is 11.0. The fourth-order valence-corrected chi connectivity index (χ4v) is 3.24. The van der Waals surface area contributed by atoms with Gasteiger partial charge < -0.3 is 10.5 Å². The summed E-state index contributed by atoms with van der Waals surface area (Å²) in [4.78, 5) is 10.5. The maximum atomic E-state index is 6.21. The van der Waals surface area contributed by atoms with E-state index in [4.69, 9.17) is 22.1 Å². The number of halogens is 1. The molecular formula is C15H14ClN3OS. The molecule has 2 aromatic heterocycles. The Hall–Kier alpha value is -1.85. The number of nitrogens with zero attached hydrogens (tertiary/aromatic N) is 2. The summed E-state index contributed by atoms with van der Waals surface area (Å²) in [5.74, 6) is 1.20. The Kier molecular flexibility index (Phi) is 3.69. The molecule has 2 heterocycles. The molecule has 108 valence electrons. The van der Waals surface area contributed by atoms with Crippen LogP contribution in [0.15, 0.2) is 24.3 Å². The van der Waals surface area contributed by atoms with Gasteiger partial charge in [0.2, 0.25) is 11.8 Å². The van der Waals surface area contributed by atoms with Gasteiger partial charge in [-0.3, -0.25) is 0 Å². The van der Waals surface area contributed by atoms with Gasteiger partial charge in [-0.15, -0.1) is 11.3 Å². The quantitative estimate of drug-likeness (QED) is 0.767. The highest BCUT2D eigenvalue weighted by molar-refractivity contribution is 7.18. The minimum Gasteiger partial charge on any atom is -0.437 e. The fraction of sp³-hybridized carbons (Fsp3) is 0.200.